The summed E-state index contributed by atoms with van der Waals surface area (Å²) in [5, 5.41) is 6.02. The van der Waals surface area contributed by atoms with Crippen LogP contribution in [0.15, 0.2) is 47.8 Å². The molecule has 1 fully saturated rings. The predicted octanol–water partition coefficient (Wildman–Crippen LogP) is 3.79. The lowest BCUT2D eigenvalue weighted by Crippen LogP contribution is -2.33. The fraction of sp³-hybridized carbons (Fsp3) is 0.300. The van der Waals surface area contributed by atoms with E-state index in [0.29, 0.717) is 12.1 Å². The second-order valence-electron chi connectivity index (χ2n) is 6.35. The molecule has 4 nitrogen and oxygen atoms in total. The molecule has 0 aliphatic carbocycles. The van der Waals surface area contributed by atoms with E-state index < -0.39 is 0 Å². The molecule has 0 bridgehead atoms. The predicted molar refractivity (Wildman–Crippen MR) is 103 cm³/mol. The highest BCUT2D eigenvalue weighted by molar-refractivity contribution is 7.13. The number of nitrogens with zero attached hydrogens (tertiary/aromatic N) is 2. The van der Waals surface area contributed by atoms with Crippen LogP contribution in [-0.4, -0.2) is 42.0 Å². The molecule has 128 valence electrons. The fourth-order valence-corrected chi connectivity index (χ4v) is 4.03. The maximum Gasteiger partial charge on any atom is 0.252 e. The van der Waals surface area contributed by atoms with Crippen LogP contribution in [-0.2, 0) is 0 Å². The van der Waals surface area contributed by atoms with E-state index >= 15 is 0 Å². The van der Waals surface area contributed by atoms with Crippen LogP contribution in [0.25, 0.3) is 21.5 Å². The summed E-state index contributed by atoms with van der Waals surface area (Å²) in [6, 6.07) is 13.8. The number of carbonyl (C=O) groups excluding carboxylic acids is 1. The molecule has 25 heavy (non-hydrogen) atoms. The summed E-state index contributed by atoms with van der Waals surface area (Å²) in [4.78, 5) is 21.0. The van der Waals surface area contributed by atoms with Gasteiger partial charge in [-0.25, -0.2) is 4.98 Å². The van der Waals surface area contributed by atoms with Gasteiger partial charge in [-0.1, -0.05) is 24.3 Å². The molecule has 2 aromatic heterocycles. The second-order valence-corrected chi connectivity index (χ2v) is 7.30. The van der Waals surface area contributed by atoms with Crippen LogP contribution < -0.4 is 5.32 Å². The Bertz CT molecular complexity index is 870. The van der Waals surface area contributed by atoms with Crippen LogP contribution in [0.1, 0.15) is 23.2 Å². The Morgan fingerprint density at radius 1 is 1.16 bits per heavy atom. The molecule has 1 amide bonds. The highest BCUT2D eigenvalue weighted by Crippen LogP contribution is 2.27. The molecule has 0 saturated carbocycles. The number of nitrogens with one attached hydrogen (secondary N) is 1. The van der Waals surface area contributed by atoms with Crippen LogP contribution >= 0.6 is 11.3 Å². The molecule has 0 radical (unpaired) electrons. The first-order valence-corrected chi connectivity index (χ1v) is 9.63. The number of amides is 1. The number of carbonyl (C=O) groups is 1. The van der Waals surface area contributed by atoms with Crippen molar-refractivity contribution in [3.8, 4) is 10.6 Å². The number of aromatic nitrogens is 1. The smallest absolute Gasteiger partial charge is 0.252 e. The van der Waals surface area contributed by atoms with Crippen molar-refractivity contribution in [2.75, 3.05) is 26.2 Å². The molecule has 1 N–H and O–H groups in total. The van der Waals surface area contributed by atoms with Gasteiger partial charge in [0.25, 0.3) is 5.91 Å². The van der Waals surface area contributed by atoms with Gasteiger partial charge in [0.1, 0.15) is 0 Å². The zero-order chi connectivity index (χ0) is 17.1. The maximum absolute atomic E-state index is 12.8. The van der Waals surface area contributed by atoms with E-state index in [1.54, 1.807) is 11.3 Å². The number of benzene rings is 1. The number of pyridine rings is 1. The van der Waals surface area contributed by atoms with Gasteiger partial charge in [-0.15, -0.1) is 11.3 Å². The van der Waals surface area contributed by atoms with Crippen LogP contribution in [0.4, 0.5) is 0 Å². The van der Waals surface area contributed by atoms with E-state index in [1.807, 2.05) is 47.8 Å². The first-order valence-electron chi connectivity index (χ1n) is 8.75. The van der Waals surface area contributed by atoms with Crippen LogP contribution in [0.5, 0.6) is 0 Å². The van der Waals surface area contributed by atoms with Gasteiger partial charge in [-0.2, -0.15) is 0 Å². The Hall–Kier alpha value is -2.24. The fourth-order valence-electron chi connectivity index (χ4n) is 3.34. The van der Waals surface area contributed by atoms with Gasteiger partial charge in [0, 0.05) is 18.5 Å². The summed E-state index contributed by atoms with van der Waals surface area (Å²) in [5.41, 5.74) is 2.42. The molecule has 0 atom stereocenters. The van der Waals surface area contributed by atoms with Gasteiger partial charge >= 0.3 is 0 Å². The monoisotopic (exact) mass is 351 g/mol. The number of hydrogen-bond acceptors (Lipinski definition) is 4. The molecule has 5 heteroatoms. The largest absolute Gasteiger partial charge is 0.351 e. The second kappa shape index (κ2) is 7.33. The summed E-state index contributed by atoms with van der Waals surface area (Å²) >= 11 is 1.64. The van der Waals surface area contributed by atoms with Crippen molar-refractivity contribution in [3.63, 3.8) is 0 Å². The first-order chi connectivity index (χ1) is 12.3. The van der Waals surface area contributed by atoms with E-state index in [4.69, 9.17) is 4.98 Å². The Morgan fingerprint density at radius 3 is 2.80 bits per heavy atom. The minimum absolute atomic E-state index is 0.0180. The van der Waals surface area contributed by atoms with Crippen molar-refractivity contribution >= 4 is 28.1 Å². The minimum atomic E-state index is -0.0180. The lowest BCUT2D eigenvalue weighted by Gasteiger charge is -2.15. The van der Waals surface area contributed by atoms with E-state index in [9.17, 15) is 4.79 Å². The summed E-state index contributed by atoms with van der Waals surface area (Å²) < 4.78 is 0. The Balaban J connectivity index is 1.59. The average molecular weight is 351 g/mol. The van der Waals surface area contributed by atoms with Gasteiger partial charge in [-0.05, 0) is 49.5 Å². The zero-order valence-electron chi connectivity index (χ0n) is 14.1. The first kappa shape index (κ1) is 16.2. The van der Waals surface area contributed by atoms with Gasteiger partial charge < -0.3 is 10.2 Å². The number of para-hydroxylation sites is 1. The molecule has 0 unspecified atom stereocenters. The Kier molecular flexibility index (Phi) is 4.76. The highest BCUT2D eigenvalue weighted by atomic mass is 32.1. The summed E-state index contributed by atoms with van der Waals surface area (Å²) in [6.45, 7) is 3.91. The molecule has 4 rings (SSSR count). The third-order valence-electron chi connectivity index (χ3n) is 4.65. The Labute approximate surface area is 151 Å². The molecule has 1 aliphatic rings. The van der Waals surface area contributed by atoms with Gasteiger partial charge in [-0.3, -0.25) is 4.79 Å². The molecule has 1 aromatic carbocycles. The molecular weight excluding hydrogens is 330 g/mol. The number of fused-ring (bicyclic) bond motifs is 1. The van der Waals surface area contributed by atoms with Crippen molar-refractivity contribution in [1.29, 1.82) is 0 Å². The quantitative estimate of drug-likeness (QED) is 0.761. The number of rotatable bonds is 5. The van der Waals surface area contributed by atoms with Crippen molar-refractivity contribution in [3.05, 3.63) is 53.4 Å². The van der Waals surface area contributed by atoms with Gasteiger partial charge in [0.2, 0.25) is 0 Å². The molecular formula is C20H21N3OS. The van der Waals surface area contributed by atoms with E-state index in [0.717, 1.165) is 41.1 Å². The minimum Gasteiger partial charge on any atom is -0.351 e. The third-order valence-corrected chi connectivity index (χ3v) is 5.54. The molecule has 3 heterocycles. The van der Waals surface area contributed by atoms with Crippen molar-refractivity contribution in [1.82, 2.24) is 15.2 Å². The molecule has 3 aromatic rings. The third kappa shape index (κ3) is 3.57. The molecule has 1 saturated heterocycles. The van der Waals surface area contributed by atoms with E-state index in [-0.39, 0.29) is 5.91 Å². The van der Waals surface area contributed by atoms with E-state index in [2.05, 4.69) is 10.2 Å². The topological polar surface area (TPSA) is 45.2 Å². The lowest BCUT2D eigenvalue weighted by atomic mass is 10.1. The standard InChI is InChI=1S/C20H21N3OS/c24-20(21-9-12-23-10-3-4-11-23)16-14-18(19-8-5-13-25-19)22-17-7-2-1-6-15(16)17/h1-2,5-8,13-14H,3-4,9-12H2,(H,21,24). The summed E-state index contributed by atoms with van der Waals surface area (Å²) in [7, 11) is 0. The zero-order valence-corrected chi connectivity index (χ0v) is 14.9. The number of thiophene rings is 1. The van der Waals surface area contributed by atoms with Crippen LogP contribution in [0, 0.1) is 0 Å². The Morgan fingerprint density at radius 2 is 2.00 bits per heavy atom. The summed E-state index contributed by atoms with van der Waals surface area (Å²) in [5.74, 6) is -0.0180. The number of hydrogen-bond donors (Lipinski definition) is 1. The van der Waals surface area contributed by atoms with Crippen molar-refractivity contribution < 1.29 is 4.79 Å². The molecule has 1 aliphatic heterocycles. The van der Waals surface area contributed by atoms with Gasteiger partial charge in [0.15, 0.2) is 0 Å². The maximum atomic E-state index is 12.8. The molecule has 0 spiro atoms. The normalized spacial score (nSPS) is 14.9. The van der Waals surface area contributed by atoms with Crippen molar-refractivity contribution in [2.24, 2.45) is 0 Å². The SMILES string of the molecule is O=C(NCCN1CCCC1)c1cc(-c2cccs2)nc2ccccc12. The average Bonchev–Trinajstić information content (AvgIpc) is 3.34. The highest BCUT2D eigenvalue weighted by Gasteiger charge is 2.15. The van der Waals surface area contributed by atoms with Gasteiger partial charge in [0.05, 0.1) is 21.7 Å². The van der Waals surface area contributed by atoms with Crippen LogP contribution in [0.3, 0.4) is 0 Å². The lowest BCUT2D eigenvalue weighted by molar-refractivity contribution is 0.0951. The summed E-state index contributed by atoms with van der Waals surface area (Å²) in [6.07, 6.45) is 2.54. The van der Waals surface area contributed by atoms with E-state index in [1.165, 1.54) is 12.8 Å². The number of likely N-dealkylation sites (tertiary alicyclic amines) is 1. The van der Waals surface area contributed by atoms with Crippen LogP contribution in [0.2, 0.25) is 0 Å². The van der Waals surface area contributed by atoms with Crippen molar-refractivity contribution in [2.45, 2.75) is 12.8 Å².